The summed E-state index contributed by atoms with van der Waals surface area (Å²) in [6.45, 7) is 0.297. The average molecular weight is 477 g/mol. The van der Waals surface area contributed by atoms with Crippen molar-refractivity contribution < 1.29 is 17.9 Å². The molecule has 174 valence electrons. The number of carbonyl (C=O) groups excluding carboxylic acids is 1. The molecule has 5 rings (SSSR count). The first-order valence-corrected chi connectivity index (χ1v) is 12.4. The van der Waals surface area contributed by atoms with Gasteiger partial charge >= 0.3 is 0 Å². The molecule has 0 bridgehead atoms. The number of ether oxygens (including phenoxy) is 1. The summed E-state index contributed by atoms with van der Waals surface area (Å²) >= 11 is 0. The third kappa shape index (κ3) is 4.15. The molecule has 2 N–H and O–H groups in total. The molecular weight excluding hydrogens is 452 g/mol. The number of anilines is 1. The molecule has 0 spiro atoms. The van der Waals surface area contributed by atoms with Crippen molar-refractivity contribution in [2.45, 2.75) is 23.8 Å². The maximum absolute atomic E-state index is 13.2. The summed E-state index contributed by atoms with van der Waals surface area (Å²) in [5.74, 6) is 0.914. The van der Waals surface area contributed by atoms with Gasteiger partial charge in [-0.05, 0) is 61.4 Å². The lowest BCUT2D eigenvalue weighted by Crippen LogP contribution is -2.43. The number of imidazole rings is 1. The number of methoxy groups -OCH3 is 1. The highest BCUT2D eigenvalue weighted by Crippen LogP contribution is 2.29. The van der Waals surface area contributed by atoms with E-state index in [0.717, 1.165) is 16.6 Å². The molecule has 1 unspecified atom stereocenters. The minimum atomic E-state index is -3.81. The van der Waals surface area contributed by atoms with Crippen LogP contribution >= 0.6 is 0 Å². The molecule has 1 fully saturated rings. The number of aromatic nitrogens is 2. The van der Waals surface area contributed by atoms with Crippen LogP contribution in [0.25, 0.3) is 22.4 Å². The minimum absolute atomic E-state index is 0.139. The molecule has 1 aliphatic rings. The van der Waals surface area contributed by atoms with Crippen molar-refractivity contribution in [3.63, 3.8) is 0 Å². The number of hydrogen-bond acceptors (Lipinski definition) is 5. The monoisotopic (exact) mass is 476 g/mol. The van der Waals surface area contributed by atoms with E-state index in [4.69, 9.17) is 4.74 Å². The van der Waals surface area contributed by atoms with Crippen molar-refractivity contribution in [2.24, 2.45) is 0 Å². The number of sulfonamides is 1. The Morgan fingerprint density at radius 3 is 2.65 bits per heavy atom. The standard InChI is InChI=1S/C25H24N4O4S/c1-33-19-11-13-20(14-12-19)34(31,32)29-15-5-10-23(29)25(30)26-18-7-4-6-17(16-18)24-27-21-8-2-3-9-22(21)28-24/h2-4,6-9,11-14,16,23H,5,10,15H2,1H3,(H,26,30)(H,27,28). The van der Waals surface area contributed by atoms with E-state index >= 15 is 0 Å². The number of carbonyl (C=O) groups is 1. The lowest BCUT2D eigenvalue weighted by Gasteiger charge is -2.23. The fourth-order valence-corrected chi connectivity index (χ4v) is 5.89. The van der Waals surface area contributed by atoms with E-state index in [1.807, 2.05) is 42.5 Å². The van der Waals surface area contributed by atoms with Crippen molar-refractivity contribution in [1.82, 2.24) is 14.3 Å². The normalized spacial score (nSPS) is 16.6. The predicted molar refractivity (Wildman–Crippen MR) is 130 cm³/mol. The number of H-pyrrole nitrogens is 1. The lowest BCUT2D eigenvalue weighted by molar-refractivity contribution is -0.119. The van der Waals surface area contributed by atoms with Gasteiger partial charge in [0.15, 0.2) is 0 Å². The van der Waals surface area contributed by atoms with Gasteiger partial charge < -0.3 is 15.0 Å². The summed E-state index contributed by atoms with van der Waals surface area (Å²) in [6.07, 6.45) is 1.08. The third-order valence-corrected chi connectivity index (χ3v) is 7.89. The van der Waals surface area contributed by atoms with Crippen molar-refractivity contribution in [1.29, 1.82) is 0 Å². The number of nitrogens with one attached hydrogen (secondary N) is 2. The quantitative estimate of drug-likeness (QED) is 0.437. The zero-order valence-corrected chi connectivity index (χ0v) is 19.4. The van der Waals surface area contributed by atoms with Gasteiger partial charge in [-0.25, -0.2) is 13.4 Å². The summed E-state index contributed by atoms with van der Waals surface area (Å²) in [7, 11) is -2.29. The van der Waals surface area contributed by atoms with Crippen molar-refractivity contribution in [2.75, 3.05) is 19.0 Å². The van der Waals surface area contributed by atoms with Crippen molar-refractivity contribution >= 4 is 32.7 Å². The zero-order chi connectivity index (χ0) is 23.7. The van der Waals surface area contributed by atoms with E-state index in [2.05, 4.69) is 15.3 Å². The smallest absolute Gasteiger partial charge is 0.243 e. The van der Waals surface area contributed by atoms with Gasteiger partial charge in [-0.1, -0.05) is 24.3 Å². The largest absolute Gasteiger partial charge is 0.497 e. The second kappa shape index (κ2) is 8.92. The van der Waals surface area contributed by atoms with Crippen LogP contribution in [0, 0.1) is 0 Å². The van der Waals surface area contributed by atoms with E-state index in [9.17, 15) is 13.2 Å². The van der Waals surface area contributed by atoms with Crippen LogP contribution in [0.15, 0.2) is 77.7 Å². The number of fused-ring (bicyclic) bond motifs is 1. The second-order valence-corrected chi connectivity index (χ2v) is 10.0. The maximum atomic E-state index is 13.2. The van der Waals surface area contributed by atoms with Crippen LogP contribution in [-0.4, -0.2) is 48.3 Å². The van der Waals surface area contributed by atoms with Gasteiger partial charge in [0.25, 0.3) is 0 Å². The summed E-state index contributed by atoms with van der Waals surface area (Å²) in [5, 5.41) is 2.89. The SMILES string of the molecule is COc1ccc(S(=O)(=O)N2CCCC2C(=O)Nc2cccc(-c3nc4ccccc4[nH]3)c2)cc1. The molecule has 9 heteroatoms. The Bertz CT molecular complexity index is 1410. The second-order valence-electron chi connectivity index (χ2n) is 8.12. The topological polar surface area (TPSA) is 104 Å². The summed E-state index contributed by atoms with van der Waals surface area (Å²) < 4.78 is 32.8. The molecule has 34 heavy (non-hydrogen) atoms. The molecule has 0 aliphatic carbocycles. The van der Waals surface area contributed by atoms with Gasteiger partial charge in [-0.2, -0.15) is 4.31 Å². The van der Waals surface area contributed by atoms with Gasteiger partial charge in [0, 0.05) is 17.8 Å². The number of hydrogen-bond donors (Lipinski definition) is 2. The molecule has 0 radical (unpaired) electrons. The van der Waals surface area contributed by atoms with Crippen LogP contribution in [0.5, 0.6) is 5.75 Å². The third-order valence-electron chi connectivity index (χ3n) is 5.97. The van der Waals surface area contributed by atoms with E-state index in [0.29, 0.717) is 36.6 Å². The first-order chi connectivity index (χ1) is 16.5. The van der Waals surface area contributed by atoms with Crippen molar-refractivity contribution in [3.05, 3.63) is 72.8 Å². The minimum Gasteiger partial charge on any atom is -0.497 e. The summed E-state index contributed by atoms with van der Waals surface area (Å²) in [5.41, 5.74) is 3.19. The molecule has 1 saturated heterocycles. The first-order valence-electron chi connectivity index (χ1n) is 11.0. The highest BCUT2D eigenvalue weighted by molar-refractivity contribution is 7.89. The van der Waals surface area contributed by atoms with E-state index in [1.54, 1.807) is 18.2 Å². The summed E-state index contributed by atoms with van der Waals surface area (Å²) in [4.78, 5) is 21.2. The Hall–Kier alpha value is -3.69. The van der Waals surface area contributed by atoms with Crippen LogP contribution < -0.4 is 10.1 Å². The number of aromatic amines is 1. The number of nitrogens with zero attached hydrogens (tertiary/aromatic N) is 2. The first kappa shape index (κ1) is 22.1. The van der Waals surface area contributed by atoms with Gasteiger partial charge in [0.05, 0.1) is 23.0 Å². The Morgan fingerprint density at radius 1 is 1.09 bits per heavy atom. The number of para-hydroxylation sites is 2. The van der Waals surface area contributed by atoms with E-state index in [-0.39, 0.29) is 10.8 Å². The molecule has 1 aliphatic heterocycles. The van der Waals surface area contributed by atoms with E-state index < -0.39 is 16.1 Å². The fourth-order valence-electron chi connectivity index (χ4n) is 4.23. The van der Waals surface area contributed by atoms with Crippen LogP contribution in [0.1, 0.15) is 12.8 Å². The van der Waals surface area contributed by atoms with Crippen molar-refractivity contribution in [3.8, 4) is 17.1 Å². The number of benzene rings is 3. The number of rotatable bonds is 6. The molecule has 8 nitrogen and oxygen atoms in total. The predicted octanol–water partition coefficient (Wildman–Crippen LogP) is 4.03. The molecular formula is C25H24N4O4S. The molecule has 3 aromatic carbocycles. The molecule has 0 saturated carbocycles. The zero-order valence-electron chi connectivity index (χ0n) is 18.6. The van der Waals surface area contributed by atoms with Gasteiger partial charge in [0.2, 0.25) is 15.9 Å². The van der Waals surface area contributed by atoms with Gasteiger partial charge in [-0.15, -0.1) is 0 Å². The highest BCUT2D eigenvalue weighted by Gasteiger charge is 2.39. The average Bonchev–Trinajstić information content (AvgIpc) is 3.52. The Balaban J connectivity index is 1.35. The summed E-state index contributed by atoms with van der Waals surface area (Å²) in [6, 6.07) is 20.5. The van der Waals surface area contributed by atoms with Gasteiger partial charge in [0.1, 0.15) is 17.6 Å². The van der Waals surface area contributed by atoms with Crippen LogP contribution in [-0.2, 0) is 14.8 Å². The Labute approximate surface area is 197 Å². The number of amides is 1. The van der Waals surface area contributed by atoms with Crippen LogP contribution in [0.4, 0.5) is 5.69 Å². The Morgan fingerprint density at radius 2 is 1.88 bits per heavy atom. The van der Waals surface area contributed by atoms with Gasteiger partial charge in [-0.3, -0.25) is 4.79 Å². The fraction of sp³-hybridized carbons (Fsp3) is 0.200. The van der Waals surface area contributed by atoms with E-state index in [1.165, 1.54) is 23.5 Å². The maximum Gasteiger partial charge on any atom is 0.243 e. The Kier molecular flexibility index (Phi) is 5.80. The molecule has 1 aromatic heterocycles. The molecule has 1 atom stereocenters. The molecule has 4 aromatic rings. The lowest BCUT2D eigenvalue weighted by atomic mass is 10.1. The van der Waals surface area contributed by atoms with Crippen LogP contribution in [0.3, 0.4) is 0 Å². The van der Waals surface area contributed by atoms with Crippen LogP contribution in [0.2, 0.25) is 0 Å². The highest BCUT2D eigenvalue weighted by atomic mass is 32.2. The molecule has 1 amide bonds. The molecule has 2 heterocycles.